The lowest BCUT2D eigenvalue weighted by Crippen LogP contribution is -2.44. The second-order valence-corrected chi connectivity index (χ2v) is 9.69. The van der Waals surface area contributed by atoms with E-state index in [2.05, 4.69) is 39.7 Å². The molecule has 2 aromatic carbocycles. The standard InChI is InChI=1S/C22H27N3O3S/c1-14(2)20(13-25-12-17(5)18-8-6-7-9-21(18)25)24-29(27,28)22-16(4)10-15(3)11-19(22)23-26/h6-12,14,20H,13H2,1-5H3,(H-,24,27,28)/p+1/t20-/m1/s1. The van der Waals surface area contributed by atoms with Crippen molar-refractivity contribution < 1.29 is 8.76 Å². The van der Waals surface area contributed by atoms with Gasteiger partial charge >= 0.3 is 10.4 Å². The van der Waals surface area contributed by atoms with E-state index in [1.165, 1.54) is 5.39 Å². The molecular formula is C22H28N3O3S+. The maximum atomic E-state index is 13.3. The summed E-state index contributed by atoms with van der Waals surface area (Å²) < 4.78 is 29.2. The second-order valence-electron chi connectivity index (χ2n) is 8.00. The van der Waals surface area contributed by atoms with Gasteiger partial charge in [-0.1, -0.05) is 42.8 Å². The Morgan fingerprint density at radius 2 is 1.83 bits per heavy atom. The van der Waals surface area contributed by atoms with Crippen molar-refractivity contribution in [3.8, 4) is 0 Å². The number of fused-ring (bicyclic) bond motifs is 1. The van der Waals surface area contributed by atoms with Gasteiger partial charge in [-0.3, -0.25) is 0 Å². The van der Waals surface area contributed by atoms with E-state index in [0.29, 0.717) is 12.1 Å². The van der Waals surface area contributed by atoms with Crippen LogP contribution in [0.4, 0.5) is 5.69 Å². The van der Waals surface area contributed by atoms with E-state index in [9.17, 15) is 13.7 Å². The Kier molecular flexibility index (Phi) is 6.03. The van der Waals surface area contributed by atoms with Crippen LogP contribution in [0.2, 0.25) is 0 Å². The van der Waals surface area contributed by atoms with Crippen LogP contribution in [0.5, 0.6) is 0 Å². The van der Waals surface area contributed by atoms with Gasteiger partial charge in [-0.05, 0) is 59.3 Å². The summed E-state index contributed by atoms with van der Waals surface area (Å²) in [5.74, 6) is 0.0860. The van der Waals surface area contributed by atoms with Gasteiger partial charge in [-0.25, -0.2) is 0 Å². The first kappa shape index (κ1) is 21.4. The highest BCUT2D eigenvalue weighted by Crippen LogP contribution is 2.32. The third-order valence-corrected chi connectivity index (χ3v) is 6.98. The lowest BCUT2D eigenvalue weighted by Gasteiger charge is -2.22. The Labute approximate surface area is 172 Å². The number of rotatable bonds is 7. The Balaban J connectivity index is 1.97. The largest absolute Gasteiger partial charge is 0.345 e. The highest BCUT2D eigenvalue weighted by atomic mass is 32.3. The molecule has 1 unspecified atom stereocenters. The van der Waals surface area contributed by atoms with Gasteiger partial charge in [0.05, 0.1) is 6.04 Å². The number of hydrogen-bond donors (Lipinski definition) is 2. The zero-order chi connectivity index (χ0) is 21.3. The summed E-state index contributed by atoms with van der Waals surface area (Å²) in [5.41, 5.74) is 3.65. The molecule has 0 fully saturated rings. The smallest absolute Gasteiger partial charge is 0.326 e. The molecule has 0 bridgehead atoms. The summed E-state index contributed by atoms with van der Waals surface area (Å²) in [4.78, 5) is 11.4. The summed E-state index contributed by atoms with van der Waals surface area (Å²) >= 11 is 0. The normalized spacial score (nSPS) is 14.9. The summed E-state index contributed by atoms with van der Waals surface area (Å²) in [6.07, 6.45) is 2.07. The highest BCUT2D eigenvalue weighted by molar-refractivity contribution is 7.96. The summed E-state index contributed by atoms with van der Waals surface area (Å²) in [5, 5.41) is 4.17. The first-order valence-electron chi connectivity index (χ1n) is 9.67. The molecule has 3 rings (SSSR count). The van der Waals surface area contributed by atoms with E-state index >= 15 is 0 Å². The van der Waals surface area contributed by atoms with Crippen molar-refractivity contribution in [3.05, 3.63) is 64.2 Å². The first-order valence-corrected chi connectivity index (χ1v) is 11.2. The quantitative estimate of drug-likeness (QED) is 0.394. The number of aryl methyl sites for hydroxylation is 3. The molecule has 0 aliphatic rings. The molecule has 3 aromatic rings. The van der Waals surface area contributed by atoms with Crippen LogP contribution in [0.3, 0.4) is 0 Å². The van der Waals surface area contributed by atoms with Crippen LogP contribution >= 0.6 is 0 Å². The molecule has 154 valence electrons. The molecule has 1 heterocycles. The predicted molar refractivity (Wildman–Crippen MR) is 119 cm³/mol. The number of benzene rings is 2. The lowest BCUT2D eigenvalue weighted by atomic mass is 10.1. The average molecular weight is 415 g/mol. The molecule has 2 atom stereocenters. The Morgan fingerprint density at radius 3 is 2.48 bits per heavy atom. The zero-order valence-electron chi connectivity index (χ0n) is 17.5. The van der Waals surface area contributed by atoms with Crippen molar-refractivity contribution in [2.45, 2.75) is 52.1 Å². The maximum Gasteiger partial charge on any atom is 0.326 e. The van der Waals surface area contributed by atoms with Crippen LogP contribution in [0, 0.1) is 31.6 Å². The molecule has 0 spiro atoms. The Hall–Kier alpha value is -2.35. The minimum atomic E-state index is -3.67. The van der Waals surface area contributed by atoms with Gasteiger partial charge in [0.1, 0.15) is 0 Å². The zero-order valence-corrected chi connectivity index (χ0v) is 18.3. The van der Waals surface area contributed by atoms with Gasteiger partial charge in [-0.2, -0.15) is 4.55 Å². The molecule has 29 heavy (non-hydrogen) atoms. The van der Waals surface area contributed by atoms with E-state index in [0.717, 1.165) is 16.6 Å². The Morgan fingerprint density at radius 1 is 1.14 bits per heavy atom. The van der Waals surface area contributed by atoms with Crippen molar-refractivity contribution in [1.82, 2.24) is 9.29 Å². The molecule has 2 N–H and O–H groups in total. The number of nitroso groups, excluding NO2 is 1. The van der Waals surface area contributed by atoms with Crippen molar-refractivity contribution in [2.75, 3.05) is 0 Å². The van der Waals surface area contributed by atoms with Crippen molar-refractivity contribution in [1.29, 1.82) is 0 Å². The summed E-state index contributed by atoms with van der Waals surface area (Å²) in [7, 11) is -3.67. The van der Waals surface area contributed by atoms with Crippen LogP contribution in [0.25, 0.3) is 10.9 Å². The van der Waals surface area contributed by atoms with Crippen LogP contribution in [-0.2, 0) is 21.2 Å². The molecule has 7 heteroatoms. The van der Waals surface area contributed by atoms with E-state index in [1.807, 2.05) is 32.9 Å². The number of para-hydroxylation sites is 1. The van der Waals surface area contributed by atoms with Gasteiger partial charge in [-0.15, -0.1) is 4.91 Å². The van der Waals surface area contributed by atoms with E-state index in [4.69, 9.17) is 0 Å². The number of nitrogens with one attached hydrogen (secondary N) is 1. The number of aromatic nitrogens is 1. The van der Waals surface area contributed by atoms with Crippen molar-refractivity contribution in [2.24, 2.45) is 11.1 Å². The van der Waals surface area contributed by atoms with Crippen LogP contribution in [-0.4, -0.2) is 15.2 Å². The SMILES string of the molecule is Cc1cc(C)c([S+](=O)(O)N[C@H](Cn2cc(C)c3ccccc32)C(C)C)c(N=O)c1. The molecule has 0 saturated heterocycles. The van der Waals surface area contributed by atoms with E-state index in [-0.39, 0.29) is 22.5 Å². The topological polar surface area (TPSA) is 83.7 Å². The van der Waals surface area contributed by atoms with Gasteiger partial charge in [0.15, 0.2) is 5.69 Å². The summed E-state index contributed by atoms with van der Waals surface area (Å²) in [6.45, 7) is 10.2. The predicted octanol–water partition coefficient (Wildman–Crippen LogP) is 5.53. The molecule has 0 aliphatic carbocycles. The van der Waals surface area contributed by atoms with E-state index in [1.54, 1.807) is 19.1 Å². The Bertz CT molecular complexity index is 1100. The molecule has 0 aliphatic heterocycles. The third kappa shape index (κ3) is 4.32. The molecule has 0 saturated carbocycles. The highest BCUT2D eigenvalue weighted by Gasteiger charge is 2.39. The summed E-state index contributed by atoms with van der Waals surface area (Å²) in [6, 6.07) is 11.2. The third-order valence-electron chi connectivity index (χ3n) is 5.27. The van der Waals surface area contributed by atoms with Crippen molar-refractivity contribution in [3.63, 3.8) is 0 Å². The molecule has 0 amide bonds. The van der Waals surface area contributed by atoms with Gasteiger partial charge < -0.3 is 4.57 Å². The average Bonchev–Trinajstić information content (AvgIpc) is 2.96. The fourth-order valence-corrected chi connectivity index (χ4v) is 5.55. The monoisotopic (exact) mass is 414 g/mol. The molecule has 1 aromatic heterocycles. The lowest BCUT2D eigenvalue weighted by molar-refractivity contribution is 0.385. The van der Waals surface area contributed by atoms with Gasteiger partial charge in [0.25, 0.3) is 0 Å². The molecule has 0 radical (unpaired) electrons. The molecular weight excluding hydrogens is 386 g/mol. The number of nitrogens with zero attached hydrogens (tertiary/aromatic N) is 2. The van der Waals surface area contributed by atoms with Crippen LogP contribution in [0.15, 0.2) is 52.7 Å². The van der Waals surface area contributed by atoms with Crippen LogP contribution in [0.1, 0.15) is 30.5 Å². The van der Waals surface area contributed by atoms with Crippen LogP contribution < -0.4 is 4.72 Å². The molecule has 6 nitrogen and oxygen atoms in total. The minimum absolute atomic E-state index is 0.00673. The fourth-order valence-electron chi connectivity index (χ4n) is 3.80. The minimum Gasteiger partial charge on any atom is -0.345 e. The first-order chi connectivity index (χ1) is 13.6. The fraction of sp³-hybridized carbons (Fsp3) is 0.364. The van der Waals surface area contributed by atoms with E-state index < -0.39 is 10.4 Å². The second kappa shape index (κ2) is 8.18. The number of hydrogen-bond acceptors (Lipinski definition) is 3. The van der Waals surface area contributed by atoms with Gasteiger partial charge in [0.2, 0.25) is 4.90 Å². The maximum absolute atomic E-state index is 13.3. The van der Waals surface area contributed by atoms with Crippen molar-refractivity contribution >= 4 is 27.0 Å². The van der Waals surface area contributed by atoms with Gasteiger partial charge in [0, 0.05) is 29.2 Å².